The van der Waals surface area contributed by atoms with E-state index in [4.69, 9.17) is 5.26 Å². The molecule has 0 saturated carbocycles. The zero-order chi connectivity index (χ0) is 12.4. The molecule has 88 valence electrons. The zero-order valence-electron chi connectivity index (χ0n) is 9.38. The number of likely N-dealkylation sites (N-methyl/N-ethyl adjacent to an activating group) is 1. The molecule has 1 N–H and O–H groups in total. The zero-order valence-corrected chi connectivity index (χ0v) is 9.38. The maximum absolute atomic E-state index is 11.0. The van der Waals surface area contributed by atoms with Gasteiger partial charge in [-0.25, -0.2) is 0 Å². The Hall–Kier alpha value is -2.13. The van der Waals surface area contributed by atoms with Gasteiger partial charge < -0.3 is 10.2 Å². The van der Waals surface area contributed by atoms with E-state index in [2.05, 4.69) is 5.32 Å². The van der Waals surface area contributed by atoms with Gasteiger partial charge in [0.25, 0.3) is 5.69 Å². The molecule has 1 aliphatic rings. The molecule has 0 bridgehead atoms. The van der Waals surface area contributed by atoms with Gasteiger partial charge in [-0.15, -0.1) is 0 Å². The van der Waals surface area contributed by atoms with Gasteiger partial charge >= 0.3 is 0 Å². The molecular formula is C11H12N4O2. The number of nitro groups is 1. The van der Waals surface area contributed by atoms with Gasteiger partial charge in [0.15, 0.2) is 0 Å². The van der Waals surface area contributed by atoms with Gasteiger partial charge in [-0.3, -0.25) is 10.1 Å². The van der Waals surface area contributed by atoms with Crippen molar-refractivity contribution >= 4 is 11.4 Å². The Labute approximate surface area is 98.6 Å². The number of nitriles is 1. The Bertz CT molecular complexity index is 491. The topological polar surface area (TPSA) is 82.2 Å². The van der Waals surface area contributed by atoms with Crippen LogP contribution in [0.4, 0.5) is 11.4 Å². The molecule has 17 heavy (non-hydrogen) atoms. The molecule has 1 aromatic carbocycles. The van der Waals surface area contributed by atoms with E-state index in [0.717, 1.165) is 13.1 Å². The van der Waals surface area contributed by atoms with E-state index in [1.165, 1.54) is 6.07 Å². The van der Waals surface area contributed by atoms with E-state index in [0.29, 0.717) is 11.3 Å². The number of hydrogen-bond acceptors (Lipinski definition) is 5. The van der Waals surface area contributed by atoms with Crippen LogP contribution >= 0.6 is 0 Å². The third kappa shape index (κ3) is 2.05. The summed E-state index contributed by atoms with van der Waals surface area (Å²) in [7, 11) is 1.83. The number of nitro benzene ring substituents is 1. The minimum atomic E-state index is -0.446. The quantitative estimate of drug-likeness (QED) is 0.617. The predicted octanol–water partition coefficient (Wildman–Crippen LogP) is 0.874. The van der Waals surface area contributed by atoms with Gasteiger partial charge in [-0.2, -0.15) is 5.26 Å². The molecule has 0 atom stereocenters. The molecule has 0 amide bonds. The first-order valence-electron chi connectivity index (χ1n) is 5.25. The second kappa shape index (κ2) is 4.39. The maximum atomic E-state index is 11.0. The van der Waals surface area contributed by atoms with Crippen molar-refractivity contribution in [3.8, 4) is 6.07 Å². The smallest absolute Gasteiger partial charge is 0.293 e. The monoisotopic (exact) mass is 232 g/mol. The average Bonchev–Trinajstić information content (AvgIpc) is 2.25. The lowest BCUT2D eigenvalue weighted by atomic mass is 10.1. The lowest BCUT2D eigenvalue weighted by Crippen LogP contribution is -2.56. The van der Waals surface area contributed by atoms with E-state index in [9.17, 15) is 10.1 Å². The number of nitrogens with one attached hydrogen (secondary N) is 1. The van der Waals surface area contributed by atoms with Crippen molar-refractivity contribution in [1.82, 2.24) is 5.32 Å². The minimum absolute atomic E-state index is 0.0153. The summed E-state index contributed by atoms with van der Waals surface area (Å²) >= 11 is 0. The molecule has 0 aromatic heterocycles. The molecule has 1 aliphatic heterocycles. The van der Waals surface area contributed by atoms with Crippen molar-refractivity contribution in [3.63, 3.8) is 0 Å². The first kappa shape index (κ1) is 11.4. The van der Waals surface area contributed by atoms with Crippen LogP contribution in [0.5, 0.6) is 0 Å². The summed E-state index contributed by atoms with van der Waals surface area (Å²) in [5.74, 6) is 0. The lowest BCUT2D eigenvalue weighted by Gasteiger charge is -2.36. The fraction of sp³-hybridized carbons (Fsp3) is 0.364. The third-order valence-electron chi connectivity index (χ3n) is 2.99. The number of rotatable bonds is 3. The van der Waals surface area contributed by atoms with Crippen molar-refractivity contribution in [2.75, 3.05) is 25.0 Å². The standard InChI is InChI=1S/C11H12N4O2/c1-14(9-6-13-7-9)10-3-2-8(5-12)4-11(10)15(16)17/h2-4,9,13H,6-7H2,1H3. The van der Waals surface area contributed by atoms with Crippen LogP contribution in [0, 0.1) is 21.4 Å². The van der Waals surface area contributed by atoms with Gasteiger partial charge in [-0.1, -0.05) is 0 Å². The van der Waals surface area contributed by atoms with E-state index >= 15 is 0 Å². The van der Waals surface area contributed by atoms with E-state index < -0.39 is 4.92 Å². The summed E-state index contributed by atoms with van der Waals surface area (Å²) in [6.45, 7) is 1.65. The second-order valence-corrected chi connectivity index (χ2v) is 4.00. The van der Waals surface area contributed by atoms with Crippen LogP contribution in [0.1, 0.15) is 5.56 Å². The highest BCUT2D eigenvalue weighted by Crippen LogP contribution is 2.30. The average molecular weight is 232 g/mol. The fourth-order valence-corrected chi connectivity index (χ4v) is 1.78. The third-order valence-corrected chi connectivity index (χ3v) is 2.99. The van der Waals surface area contributed by atoms with Crippen LogP contribution in [-0.2, 0) is 0 Å². The van der Waals surface area contributed by atoms with Gasteiger partial charge in [0.2, 0.25) is 0 Å². The summed E-state index contributed by atoms with van der Waals surface area (Å²) < 4.78 is 0. The Kier molecular flexibility index (Phi) is 2.93. The summed E-state index contributed by atoms with van der Waals surface area (Å²) in [4.78, 5) is 12.4. The summed E-state index contributed by atoms with van der Waals surface area (Å²) in [5.41, 5.74) is 0.847. The maximum Gasteiger partial charge on any atom is 0.293 e. The molecule has 0 unspecified atom stereocenters. The largest absolute Gasteiger partial charge is 0.364 e. The summed E-state index contributed by atoms with van der Waals surface area (Å²) in [5, 5.41) is 22.8. The highest BCUT2D eigenvalue weighted by Gasteiger charge is 2.26. The molecule has 0 spiro atoms. The van der Waals surface area contributed by atoms with Crippen molar-refractivity contribution in [3.05, 3.63) is 33.9 Å². The first-order chi connectivity index (χ1) is 8.13. The minimum Gasteiger partial charge on any atom is -0.364 e. The Morgan fingerprint density at radius 3 is 2.76 bits per heavy atom. The van der Waals surface area contributed by atoms with Crippen molar-refractivity contribution in [2.45, 2.75) is 6.04 Å². The molecule has 0 aliphatic carbocycles. The van der Waals surface area contributed by atoms with E-state index in [1.807, 2.05) is 18.0 Å². The second-order valence-electron chi connectivity index (χ2n) is 4.00. The van der Waals surface area contributed by atoms with Crippen LogP contribution in [0.3, 0.4) is 0 Å². The molecular weight excluding hydrogens is 220 g/mol. The van der Waals surface area contributed by atoms with Gasteiger partial charge in [0.1, 0.15) is 5.69 Å². The molecule has 6 nitrogen and oxygen atoms in total. The van der Waals surface area contributed by atoms with Crippen LogP contribution in [-0.4, -0.2) is 31.1 Å². The molecule has 0 radical (unpaired) electrons. The summed E-state index contributed by atoms with van der Waals surface area (Å²) in [6, 6.07) is 6.74. The Morgan fingerprint density at radius 1 is 1.59 bits per heavy atom. The van der Waals surface area contributed by atoms with Gasteiger partial charge in [0.05, 0.1) is 22.6 Å². The number of nitrogens with zero attached hydrogens (tertiary/aromatic N) is 3. The molecule has 2 rings (SSSR count). The molecule has 1 saturated heterocycles. The molecule has 1 aromatic rings. The van der Waals surface area contributed by atoms with Crippen molar-refractivity contribution < 1.29 is 4.92 Å². The van der Waals surface area contributed by atoms with E-state index in [1.54, 1.807) is 12.1 Å². The van der Waals surface area contributed by atoms with Crippen LogP contribution in [0.25, 0.3) is 0 Å². The Morgan fingerprint density at radius 2 is 2.29 bits per heavy atom. The SMILES string of the molecule is CN(c1ccc(C#N)cc1[N+](=O)[O-])C1CNC1. The van der Waals surface area contributed by atoms with Crippen LogP contribution in [0.2, 0.25) is 0 Å². The predicted molar refractivity (Wildman–Crippen MR) is 62.9 cm³/mol. The molecule has 6 heteroatoms. The van der Waals surface area contributed by atoms with Gasteiger partial charge in [0, 0.05) is 26.2 Å². The number of hydrogen-bond donors (Lipinski definition) is 1. The Balaban J connectivity index is 2.38. The van der Waals surface area contributed by atoms with Crippen molar-refractivity contribution in [1.29, 1.82) is 5.26 Å². The highest BCUT2D eigenvalue weighted by molar-refractivity contribution is 5.66. The highest BCUT2D eigenvalue weighted by atomic mass is 16.6. The van der Waals surface area contributed by atoms with Crippen LogP contribution in [0.15, 0.2) is 18.2 Å². The van der Waals surface area contributed by atoms with E-state index in [-0.39, 0.29) is 11.7 Å². The normalized spacial score (nSPS) is 14.8. The molecule has 1 heterocycles. The van der Waals surface area contributed by atoms with Crippen LogP contribution < -0.4 is 10.2 Å². The summed E-state index contributed by atoms with van der Waals surface area (Å²) in [6.07, 6.45) is 0. The lowest BCUT2D eigenvalue weighted by molar-refractivity contribution is -0.384. The van der Waals surface area contributed by atoms with Gasteiger partial charge in [-0.05, 0) is 12.1 Å². The fourth-order valence-electron chi connectivity index (χ4n) is 1.78. The molecule has 1 fully saturated rings. The number of anilines is 1. The first-order valence-corrected chi connectivity index (χ1v) is 5.25. The number of benzene rings is 1. The van der Waals surface area contributed by atoms with Crippen molar-refractivity contribution in [2.24, 2.45) is 0 Å².